The average Bonchev–Trinajstić information content (AvgIpc) is 3.85. The Morgan fingerprint density at radius 2 is 1.45 bits per heavy atom. The van der Waals surface area contributed by atoms with Gasteiger partial charge < -0.3 is 61.8 Å². The van der Waals surface area contributed by atoms with Crippen LogP contribution in [0, 0.1) is 29.6 Å². The number of nitrogens with one attached hydrogen (secondary N) is 9. The molecule has 440 valence electrons. The van der Waals surface area contributed by atoms with Gasteiger partial charge in [-0.25, -0.2) is 28.2 Å². The Kier molecular flexibility index (Phi) is 32.3. The summed E-state index contributed by atoms with van der Waals surface area (Å²) in [6, 6.07) is -1.04. The fraction of sp³-hybridized carbons (Fsp3) is 0.702. The van der Waals surface area contributed by atoms with E-state index in [0.717, 1.165) is 50.7 Å². The van der Waals surface area contributed by atoms with E-state index in [9.17, 15) is 46.8 Å². The highest BCUT2D eigenvalue weighted by Crippen LogP contribution is 2.54. The number of carbonyl (C=O) groups is 8. The molecule has 30 heteroatoms. The van der Waals surface area contributed by atoms with Gasteiger partial charge in [0.05, 0.1) is 37.6 Å². The second-order valence-corrected chi connectivity index (χ2v) is 21.2. The van der Waals surface area contributed by atoms with Crippen molar-refractivity contribution in [2.24, 2.45) is 41.1 Å². The minimum absolute atomic E-state index is 0.000689. The number of hydrogen-bond donors (Lipinski definition) is 11. The molecule has 1 heterocycles. The Morgan fingerprint density at radius 3 is 1.96 bits per heavy atom. The number of rotatable bonds is 31. The van der Waals surface area contributed by atoms with Gasteiger partial charge in [0.25, 0.3) is 0 Å². The van der Waals surface area contributed by atoms with E-state index >= 15 is 0 Å². The summed E-state index contributed by atoms with van der Waals surface area (Å²) in [4.78, 5) is 90.1. The molecule has 0 aromatic carbocycles. The minimum Gasteiger partial charge on any atom is -0.449 e. The van der Waals surface area contributed by atoms with E-state index in [1.54, 1.807) is 18.2 Å². The molecule has 28 nitrogen and oxygen atoms in total. The molecule has 4 unspecified atom stereocenters. The number of nitrogens with two attached hydrogens (primary N) is 2. The standard InChI is InChI=1S/C38H70N10O12S2.C6H9NO.C3H6N2O2/c1-9-38(8,10-2)48-31-14-12-28-27(11-13-30(31)43-46-48)29(28)23-60-37(53)45-62(54,55)40-15-18-56-21-22-59-36(52)44-61-47(16-19-57-34(50)41-26(7)24(3)4)17-20-58-35(51)42-32(25(5)6)33(39)49;1-4-5(2)7-6(3)8;4-3(7)1-5-2-6/h24-29,32,40,43,46H,9-23H2,1-8H3,(H2,39,49)(H,41,50)(H,42,51)(H,44,52)(H,45,53);4H,1-2H2,3H3,(H,7,8);2H,1H2,(H2,4,7)(H,5,6)/t26?,27?,28?,29-,32?;;/m1../s1. The molecule has 2 aliphatic carbocycles. The zero-order chi connectivity index (χ0) is 58.3. The predicted octanol–water partition coefficient (Wildman–Crippen LogP) is 1.75. The summed E-state index contributed by atoms with van der Waals surface area (Å²) in [6.45, 7) is 23.7. The Bertz CT molecular complexity index is 2100. The van der Waals surface area contributed by atoms with Crippen LogP contribution >= 0.6 is 12.1 Å². The molecule has 13 N–H and O–H groups in total. The minimum atomic E-state index is -4.21. The van der Waals surface area contributed by atoms with Crippen molar-refractivity contribution in [1.82, 2.24) is 55.7 Å². The maximum atomic E-state index is 12.4. The van der Waals surface area contributed by atoms with Crippen LogP contribution in [-0.4, -0.2) is 150 Å². The number of primary amides is 2. The van der Waals surface area contributed by atoms with Crippen molar-refractivity contribution in [2.45, 2.75) is 118 Å². The highest BCUT2D eigenvalue weighted by atomic mass is 32.2. The van der Waals surface area contributed by atoms with E-state index in [4.69, 9.17) is 29.4 Å². The first-order chi connectivity index (χ1) is 36.2. The molecule has 1 fully saturated rings. The van der Waals surface area contributed by atoms with Crippen LogP contribution in [0.3, 0.4) is 0 Å². The molecule has 77 heavy (non-hydrogen) atoms. The SMILES string of the molecule is C=CC(=C)NC(C)=O.CCC(C)(CC)N1NNC2=C1CCC1C(CC2)[C@H]1COC(=O)NS(=O)(=O)NCCOCCOC(=O)NSN(CCOC(=O)NC(C)C(C)C)CCOC(=O)NC(C(N)=O)C(C)C.NC(=O)CNC=O. The van der Waals surface area contributed by atoms with Gasteiger partial charge in [-0.05, 0) is 88.0 Å². The monoisotopic (exact) mass is 1140 g/mol. The van der Waals surface area contributed by atoms with Crippen LogP contribution in [0.1, 0.15) is 101 Å². The van der Waals surface area contributed by atoms with Gasteiger partial charge in [0.1, 0.15) is 25.9 Å². The van der Waals surface area contributed by atoms with E-state index in [1.165, 1.54) is 24.4 Å². The smallest absolute Gasteiger partial charge is 0.421 e. The van der Waals surface area contributed by atoms with Crippen LogP contribution in [0.25, 0.3) is 0 Å². The zero-order valence-electron chi connectivity index (χ0n) is 45.9. The Morgan fingerprint density at radius 1 is 0.857 bits per heavy atom. The molecule has 0 radical (unpaired) electrons. The molecule has 1 saturated carbocycles. The highest BCUT2D eigenvalue weighted by Gasteiger charge is 2.51. The lowest BCUT2D eigenvalue weighted by atomic mass is 9.92. The van der Waals surface area contributed by atoms with E-state index in [2.05, 4.69) is 86.3 Å². The summed E-state index contributed by atoms with van der Waals surface area (Å²) >= 11 is 0.816. The second-order valence-electron chi connectivity index (χ2n) is 18.8. The van der Waals surface area contributed by atoms with Gasteiger partial charge in [-0.1, -0.05) is 54.7 Å². The van der Waals surface area contributed by atoms with Gasteiger partial charge >= 0.3 is 34.6 Å². The summed E-state index contributed by atoms with van der Waals surface area (Å²) in [6.07, 6.45) is 4.28. The molecule has 3 aliphatic rings. The molecule has 0 saturated heterocycles. The lowest BCUT2D eigenvalue weighted by molar-refractivity contribution is -0.121. The number of hydrogen-bond acceptors (Lipinski definition) is 20. The topological polar surface area (TPSA) is 384 Å². The van der Waals surface area contributed by atoms with Crippen LogP contribution in [0.4, 0.5) is 19.2 Å². The van der Waals surface area contributed by atoms with Crippen molar-refractivity contribution in [2.75, 3.05) is 65.8 Å². The Hall–Kier alpha value is -6.08. The number of carbonyl (C=O) groups excluding carboxylic acids is 8. The zero-order valence-corrected chi connectivity index (χ0v) is 47.5. The maximum Gasteiger partial charge on any atom is 0.421 e. The van der Waals surface area contributed by atoms with Crippen molar-refractivity contribution >= 4 is 70.8 Å². The molecule has 0 aromatic rings. The third kappa shape index (κ3) is 28.2. The van der Waals surface area contributed by atoms with Gasteiger partial charge in [0, 0.05) is 56.1 Å². The molecule has 1 aliphatic heterocycles. The average molecular weight is 1140 g/mol. The van der Waals surface area contributed by atoms with Gasteiger partial charge in [-0.3, -0.25) is 28.9 Å². The summed E-state index contributed by atoms with van der Waals surface area (Å²) in [5.74, 6) is -0.411. The van der Waals surface area contributed by atoms with Crippen LogP contribution in [0.15, 0.2) is 36.3 Å². The van der Waals surface area contributed by atoms with Gasteiger partial charge in [0.15, 0.2) is 0 Å². The van der Waals surface area contributed by atoms with E-state index in [0.29, 0.717) is 23.9 Å². The summed E-state index contributed by atoms with van der Waals surface area (Å²) < 4.78 is 59.1. The second kappa shape index (κ2) is 36.1. The summed E-state index contributed by atoms with van der Waals surface area (Å²) in [7, 11) is -4.21. The predicted molar refractivity (Wildman–Crippen MR) is 286 cm³/mol. The number of ether oxygens (including phenoxy) is 5. The van der Waals surface area contributed by atoms with E-state index < -0.39 is 52.4 Å². The normalized spacial score (nSPS) is 17.2. The molecule has 5 atom stereocenters. The van der Waals surface area contributed by atoms with Crippen molar-refractivity contribution in [1.29, 1.82) is 0 Å². The molecule has 0 bridgehead atoms. The number of fused-ring (bicyclic) bond motifs is 1. The molecular formula is C47H85N13O15S2. The summed E-state index contributed by atoms with van der Waals surface area (Å²) in [5.41, 5.74) is 19.7. The van der Waals surface area contributed by atoms with Gasteiger partial charge in [0.2, 0.25) is 24.1 Å². The van der Waals surface area contributed by atoms with Crippen LogP contribution in [-0.2, 0) is 53.1 Å². The number of nitrogens with zero attached hydrogens (tertiary/aromatic N) is 2. The lowest BCUT2D eigenvalue weighted by Gasteiger charge is -2.40. The van der Waals surface area contributed by atoms with Crippen molar-refractivity contribution < 1.29 is 70.5 Å². The van der Waals surface area contributed by atoms with E-state index in [1.807, 2.05) is 25.5 Å². The molecule has 8 amide bonds. The molecule has 0 spiro atoms. The van der Waals surface area contributed by atoms with Gasteiger partial charge in [-0.2, -0.15) is 13.1 Å². The quantitative estimate of drug-likeness (QED) is 0.0155. The molecule has 0 aromatic heterocycles. The summed E-state index contributed by atoms with van der Waals surface area (Å²) in [5, 5.41) is 11.9. The van der Waals surface area contributed by atoms with Crippen LogP contribution in [0.5, 0.6) is 0 Å². The van der Waals surface area contributed by atoms with Crippen LogP contribution < -0.4 is 57.9 Å². The Balaban J connectivity index is 0.00000171. The van der Waals surface area contributed by atoms with Gasteiger partial charge in [-0.15, -0.1) is 5.53 Å². The highest BCUT2D eigenvalue weighted by molar-refractivity contribution is 7.95. The molecular weight excluding hydrogens is 1050 g/mol. The number of allylic oxidation sites excluding steroid dienone is 3. The van der Waals surface area contributed by atoms with Crippen LogP contribution in [0.2, 0.25) is 0 Å². The maximum absolute atomic E-state index is 12.4. The lowest BCUT2D eigenvalue weighted by Crippen LogP contribution is -2.52. The van der Waals surface area contributed by atoms with Crippen molar-refractivity contribution in [3.63, 3.8) is 0 Å². The third-order valence-corrected chi connectivity index (χ3v) is 14.4. The van der Waals surface area contributed by atoms with Crippen molar-refractivity contribution in [3.05, 3.63) is 36.3 Å². The first kappa shape index (κ1) is 68.9. The fourth-order valence-electron chi connectivity index (χ4n) is 7.39. The number of hydrazine groups is 2. The first-order valence-electron chi connectivity index (χ1n) is 25.3. The molecule has 3 rings (SSSR count). The fourth-order valence-corrected chi connectivity index (χ4v) is 8.69. The first-order valence-corrected chi connectivity index (χ1v) is 27.6. The third-order valence-electron chi connectivity index (χ3n) is 12.5. The number of alkyl carbamates (subject to hydrolysis) is 2. The van der Waals surface area contributed by atoms with E-state index in [-0.39, 0.29) is 101 Å². The van der Waals surface area contributed by atoms with Crippen molar-refractivity contribution in [3.8, 4) is 0 Å². The number of amides is 8. The Labute approximate surface area is 457 Å². The largest absolute Gasteiger partial charge is 0.449 e.